The van der Waals surface area contributed by atoms with E-state index in [0.717, 1.165) is 6.29 Å². The van der Waals surface area contributed by atoms with Gasteiger partial charge in [-0.3, -0.25) is 9.59 Å². The maximum atomic E-state index is 12.1. The first-order valence-corrected chi connectivity index (χ1v) is 8.36. The minimum absolute atomic E-state index is 0.166. The fourth-order valence-corrected chi connectivity index (χ4v) is 2.51. The van der Waals surface area contributed by atoms with Crippen molar-refractivity contribution in [3.63, 3.8) is 0 Å². The number of rotatable bonds is 8. The molecule has 7 nitrogen and oxygen atoms in total. The Morgan fingerprint density at radius 2 is 1.96 bits per heavy atom. The Labute approximate surface area is 156 Å². The summed E-state index contributed by atoms with van der Waals surface area (Å²) in [4.78, 5) is 27.2. The van der Waals surface area contributed by atoms with Gasteiger partial charge < -0.3 is 19.4 Å². The number of hydrogen-bond donors (Lipinski definition) is 1. The third-order valence-corrected chi connectivity index (χ3v) is 3.87. The zero-order chi connectivity index (χ0) is 19.1. The fraction of sp³-hybridized carbons (Fsp3) is 0.150. The molecule has 27 heavy (non-hydrogen) atoms. The third kappa shape index (κ3) is 4.72. The van der Waals surface area contributed by atoms with Gasteiger partial charge in [0.1, 0.15) is 0 Å². The van der Waals surface area contributed by atoms with E-state index in [2.05, 4.69) is 10.3 Å². The van der Waals surface area contributed by atoms with Gasteiger partial charge in [-0.1, -0.05) is 12.1 Å². The number of ether oxygens (including phenoxy) is 2. The van der Waals surface area contributed by atoms with E-state index < -0.39 is 0 Å². The number of amides is 1. The van der Waals surface area contributed by atoms with Gasteiger partial charge in [-0.25, -0.2) is 4.98 Å². The van der Waals surface area contributed by atoms with Crippen molar-refractivity contribution in [2.75, 3.05) is 12.4 Å². The van der Waals surface area contributed by atoms with E-state index >= 15 is 0 Å². The largest absolute Gasteiger partial charge is 0.493 e. The van der Waals surface area contributed by atoms with E-state index in [0.29, 0.717) is 35.3 Å². The van der Waals surface area contributed by atoms with Gasteiger partial charge in [0.25, 0.3) is 0 Å². The van der Waals surface area contributed by atoms with Crippen molar-refractivity contribution >= 4 is 17.9 Å². The molecule has 3 rings (SSSR count). The molecule has 0 aliphatic rings. The summed E-state index contributed by atoms with van der Waals surface area (Å²) in [5, 5.41) is 2.77. The Bertz CT molecular complexity index is 919. The molecule has 1 aromatic carbocycles. The molecule has 2 aromatic heterocycles. The monoisotopic (exact) mass is 365 g/mol. The quantitative estimate of drug-likeness (QED) is 0.618. The number of nitrogens with zero attached hydrogens (tertiary/aromatic N) is 2. The maximum absolute atomic E-state index is 12.1. The average molecular weight is 365 g/mol. The van der Waals surface area contributed by atoms with Crippen LogP contribution in [0.2, 0.25) is 0 Å². The van der Waals surface area contributed by atoms with Crippen LogP contribution in [0.15, 0.2) is 60.9 Å². The average Bonchev–Trinajstić information content (AvgIpc) is 3.16. The number of aromatic nitrogens is 2. The molecule has 138 valence electrons. The summed E-state index contributed by atoms with van der Waals surface area (Å²) in [5.74, 6) is 1.39. The van der Waals surface area contributed by atoms with E-state index in [4.69, 9.17) is 9.47 Å². The van der Waals surface area contributed by atoms with Gasteiger partial charge in [0.05, 0.1) is 24.7 Å². The molecule has 0 fully saturated rings. The minimum atomic E-state index is -0.166. The third-order valence-electron chi connectivity index (χ3n) is 3.87. The summed E-state index contributed by atoms with van der Waals surface area (Å²) in [6.45, 7) is 0.426. The molecule has 0 radical (unpaired) electrons. The number of nitrogens with one attached hydrogen (secondary N) is 1. The molecule has 0 atom stereocenters. The number of hydrogen-bond acceptors (Lipinski definition) is 5. The van der Waals surface area contributed by atoms with Crippen molar-refractivity contribution < 1.29 is 19.1 Å². The van der Waals surface area contributed by atoms with Gasteiger partial charge in [0.15, 0.2) is 17.8 Å². The highest BCUT2D eigenvalue weighted by atomic mass is 16.5. The lowest BCUT2D eigenvalue weighted by Crippen LogP contribution is -2.15. The lowest BCUT2D eigenvalue weighted by molar-refractivity contribution is -0.116. The fourth-order valence-electron chi connectivity index (χ4n) is 2.51. The molecule has 1 N–H and O–H groups in total. The highest BCUT2D eigenvalue weighted by Gasteiger charge is 2.08. The smallest absolute Gasteiger partial charge is 0.226 e. The van der Waals surface area contributed by atoms with Crippen molar-refractivity contribution in [2.24, 2.45) is 0 Å². The summed E-state index contributed by atoms with van der Waals surface area (Å²) >= 11 is 0. The molecular formula is C20H19N3O4. The molecule has 0 aliphatic heterocycles. The summed E-state index contributed by atoms with van der Waals surface area (Å²) in [5.41, 5.74) is 1.11. The zero-order valence-corrected chi connectivity index (χ0v) is 14.8. The number of anilines is 1. The molecule has 0 spiro atoms. The minimum Gasteiger partial charge on any atom is -0.493 e. The highest BCUT2D eigenvalue weighted by Crippen LogP contribution is 2.30. The molecule has 3 aromatic rings. The summed E-state index contributed by atoms with van der Waals surface area (Å²) in [6, 6.07) is 14.1. The predicted octanol–water partition coefficient (Wildman–Crippen LogP) is 3.53. The van der Waals surface area contributed by atoms with Gasteiger partial charge in [0.2, 0.25) is 11.8 Å². The van der Waals surface area contributed by atoms with Crippen LogP contribution in [0.4, 0.5) is 5.69 Å². The standard InChI is InChI=1S/C20H19N3O4/c1-26-17-6-2-3-7-18(17)27-20-9-8-15(13-21-20)22-19(25)10-12-23-11-4-5-16(23)14-24/h2-9,11,13-14H,10,12H2,1H3,(H,22,25). The van der Waals surface area contributed by atoms with Crippen LogP contribution in [-0.2, 0) is 11.3 Å². The lowest BCUT2D eigenvalue weighted by atomic mass is 10.3. The Kier molecular flexibility index (Phi) is 5.84. The second-order valence-corrected chi connectivity index (χ2v) is 5.68. The molecule has 0 unspecified atom stereocenters. The van der Waals surface area contributed by atoms with Crippen molar-refractivity contribution in [1.29, 1.82) is 0 Å². The second-order valence-electron chi connectivity index (χ2n) is 5.68. The van der Waals surface area contributed by atoms with E-state index in [1.165, 1.54) is 6.20 Å². The molecule has 0 aliphatic carbocycles. The van der Waals surface area contributed by atoms with E-state index in [1.807, 2.05) is 12.1 Å². The number of aryl methyl sites for hydroxylation is 1. The Morgan fingerprint density at radius 1 is 1.15 bits per heavy atom. The van der Waals surface area contributed by atoms with Crippen LogP contribution in [0.1, 0.15) is 16.9 Å². The van der Waals surface area contributed by atoms with Crippen LogP contribution < -0.4 is 14.8 Å². The van der Waals surface area contributed by atoms with Crippen molar-refractivity contribution in [3.8, 4) is 17.4 Å². The molecule has 0 bridgehead atoms. The second kappa shape index (κ2) is 8.66. The predicted molar refractivity (Wildman–Crippen MR) is 100 cm³/mol. The first-order chi connectivity index (χ1) is 13.2. The number of carbonyl (C=O) groups excluding carboxylic acids is 2. The highest BCUT2D eigenvalue weighted by molar-refractivity contribution is 5.90. The number of pyridine rings is 1. The number of methoxy groups -OCH3 is 1. The van der Waals surface area contributed by atoms with Gasteiger partial charge in [-0.2, -0.15) is 0 Å². The molecule has 1 amide bonds. The van der Waals surface area contributed by atoms with Gasteiger partial charge in [-0.15, -0.1) is 0 Å². The summed E-state index contributed by atoms with van der Waals surface area (Å²) in [7, 11) is 1.57. The Balaban J connectivity index is 1.55. The molecule has 0 saturated carbocycles. The Morgan fingerprint density at radius 3 is 2.67 bits per heavy atom. The van der Waals surface area contributed by atoms with Crippen LogP contribution in [0.25, 0.3) is 0 Å². The van der Waals surface area contributed by atoms with E-state index in [-0.39, 0.29) is 12.3 Å². The lowest BCUT2D eigenvalue weighted by Gasteiger charge is -2.10. The van der Waals surface area contributed by atoms with Crippen molar-refractivity contribution in [1.82, 2.24) is 9.55 Å². The molecular weight excluding hydrogens is 346 g/mol. The van der Waals surface area contributed by atoms with Crippen LogP contribution in [-0.4, -0.2) is 28.9 Å². The topological polar surface area (TPSA) is 82.5 Å². The van der Waals surface area contributed by atoms with Crippen LogP contribution in [0, 0.1) is 0 Å². The normalized spacial score (nSPS) is 10.3. The number of aldehydes is 1. The van der Waals surface area contributed by atoms with Crippen LogP contribution >= 0.6 is 0 Å². The molecule has 0 saturated heterocycles. The van der Waals surface area contributed by atoms with Crippen LogP contribution in [0.3, 0.4) is 0 Å². The zero-order valence-electron chi connectivity index (χ0n) is 14.8. The summed E-state index contributed by atoms with van der Waals surface area (Å²) < 4.78 is 12.7. The summed E-state index contributed by atoms with van der Waals surface area (Å²) in [6.07, 6.45) is 4.30. The van der Waals surface area contributed by atoms with Gasteiger partial charge in [-0.05, 0) is 30.3 Å². The molecule has 7 heteroatoms. The Hall–Kier alpha value is -3.61. The number of para-hydroxylation sites is 2. The van der Waals surface area contributed by atoms with E-state index in [1.54, 1.807) is 54.3 Å². The first-order valence-electron chi connectivity index (χ1n) is 8.36. The van der Waals surface area contributed by atoms with Gasteiger partial charge >= 0.3 is 0 Å². The van der Waals surface area contributed by atoms with Crippen LogP contribution in [0.5, 0.6) is 17.4 Å². The van der Waals surface area contributed by atoms with Crippen molar-refractivity contribution in [2.45, 2.75) is 13.0 Å². The number of benzene rings is 1. The number of carbonyl (C=O) groups is 2. The van der Waals surface area contributed by atoms with Gasteiger partial charge in [0, 0.05) is 25.2 Å². The first kappa shape index (κ1) is 18.2. The van der Waals surface area contributed by atoms with E-state index in [9.17, 15) is 9.59 Å². The SMILES string of the molecule is COc1ccccc1Oc1ccc(NC(=O)CCn2cccc2C=O)cn1. The van der Waals surface area contributed by atoms with Crippen molar-refractivity contribution in [3.05, 3.63) is 66.6 Å². The molecule has 2 heterocycles. The maximum Gasteiger partial charge on any atom is 0.226 e.